The lowest BCUT2D eigenvalue weighted by atomic mass is 10.1. The number of likely N-dealkylation sites (N-methyl/N-ethyl adjacent to an activating group) is 1. The van der Waals surface area contributed by atoms with Gasteiger partial charge in [0, 0.05) is 18.3 Å². The molecule has 1 atom stereocenters. The topological polar surface area (TPSA) is 67.2 Å². The summed E-state index contributed by atoms with van der Waals surface area (Å²) in [5.41, 5.74) is 1.50. The third-order valence-electron chi connectivity index (χ3n) is 3.04. The van der Waals surface area contributed by atoms with E-state index in [1.807, 2.05) is 40.7 Å². The van der Waals surface area contributed by atoms with E-state index in [2.05, 4.69) is 10.4 Å². The molecule has 0 aliphatic heterocycles. The molecule has 0 saturated carbocycles. The Labute approximate surface area is 126 Å². The standard InChI is InChI=1S/C15H26N4O2/c1-10-8-11(2)19(17-10)12(3)14(21)18(7)9-13(20)16-15(4,5)6/h8,12H,9H2,1-7H3,(H,16,20). The highest BCUT2D eigenvalue weighted by Crippen LogP contribution is 2.13. The van der Waals surface area contributed by atoms with Crippen LogP contribution in [0.25, 0.3) is 0 Å². The average Bonchev–Trinajstić information content (AvgIpc) is 2.63. The fourth-order valence-corrected chi connectivity index (χ4v) is 2.21. The summed E-state index contributed by atoms with van der Waals surface area (Å²) in [7, 11) is 1.63. The fourth-order valence-electron chi connectivity index (χ4n) is 2.21. The molecule has 6 heteroatoms. The van der Waals surface area contributed by atoms with Gasteiger partial charge in [-0.2, -0.15) is 5.10 Å². The smallest absolute Gasteiger partial charge is 0.247 e. The Bertz CT molecular complexity index is 528. The molecule has 0 aliphatic rings. The van der Waals surface area contributed by atoms with Crippen molar-refractivity contribution in [3.63, 3.8) is 0 Å². The van der Waals surface area contributed by atoms with Crippen molar-refractivity contribution < 1.29 is 9.59 Å². The molecule has 0 aromatic carbocycles. The summed E-state index contributed by atoms with van der Waals surface area (Å²) in [6, 6.07) is 1.50. The van der Waals surface area contributed by atoms with Crippen molar-refractivity contribution in [1.82, 2.24) is 20.0 Å². The van der Waals surface area contributed by atoms with E-state index in [-0.39, 0.29) is 23.9 Å². The number of nitrogens with zero attached hydrogens (tertiary/aromatic N) is 3. The molecule has 1 unspecified atom stereocenters. The summed E-state index contributed by atoms with van der Waals surface area (Å²) in [6.07, 6.45) is 0. The van der Waals surface area contributed by atoms with Crippen molar-refractivity contribution in [2.24, 2.45) is 0 Å². The Morgan fingerprint density at radius 3 is 2.38 bits per heavy atom. The third-order valence-corrected chi connectivity index (χ3v) is 3.04. The van der Waals surface area contributed by atoms with Gasteiger partial charge in [0.05, 0.1) is 12.2 Å². The molecule has 0 bridgehead atoms. The van der Waals surface area contributed by atoms with Gasteiger partial charge < -0.3 is 10.2 Å². The molecule has 0 saturated heterocycles. The number of rotatable bonds is 4. The van der Waals surface area contributed by atoms with Crippen molar-refractivity contribution in [3.8, 4) is 0 Å². The lowest BCUT2D eigenvalue weighted by Crippen LogP contribution is -2.47. The molecule has 0 radical (unpaired) electrons. The maximum atomic E-state index is 12.4. The summed E-state index contributed by atoms with van der Waals surface area (Å²) >= 11 is 0. The van der Waals surface area contributed by atoms with Gasteiger partial charge in [0.1, 0.15) is 6.04 Å². The van der Waals surface area contributed by atoms with Gasteiger partial charge in [0.25, 0.3) is 0 Å². The number of nitrogens with one attached hydrogen (secondary N) is 1. The summed E-state index contributed by atoms with van der Waals surface area (Å²) in [5, 5.41) is 7.16. The maximum Gasteiger partial charge on any atom is 0.247 e. The van der Waals surface area contributed by atoms with Crippen LogP contribution in [-0.2, 0) is 9.59 Å². The SMILES string of the molecule is Cc1cc(C)n(C(C)C(=O)N(C)CC(=O)NC(C)(C)C)n1. The predicted octanol–water partition coefficient (Wildman–Crippen LogP) is 1.43. The molecule has 118 valence electrons. The van der Waals surface area contributed by atoms with E-state index >= 15 is 0 Å². The first-order chi connectivity index (χ1) is 9.51. The van der Waals surface area contributed by atoms with Gasteiger partial charge in [-0.3, -0.25) is 14.3 Å². The van der Waals surface area contributed by atoms with Crippen LogP contribution in [0.2, 0.25) is 0 Å². The summed E-state index contributed by atoms with van der Waals surface area (Å²) in [6.45, 7) is 11.4. The van der Waals surface area contributed by atoms with Crippen LogP contribution in [0.5, 0.6) is 0 Å². The zero-order chi connectivity index (χ0) is 16.4. The van der Waals surface area contributed by atoms with Gasteiger partial charge in [-0.05, 0) is 47.6 Å². The van der Waals surface area contributed by atoms with Crippen LogP contribution < -0.4 is 5.32 Å². The second-order valence-electron chi connectivity index (χ2n) is 6.54. The molecule has 0 fully saturated rings. The molecule has 21 heavy (non-hydrogen) atoms. The minimum Gasteiger partial charge on any atom is -0.350 e. The van der Waals surface area contributed by atoms with Crippen LogP contribution in [0.3, 0.4) is 0 Å². The number of amides is 2. The molecule has 1 N–H and O–H groups in total. The molecule has 6 nitrogen and oxygen atoms in total. The summed E-state index contributed by atoms with van der Waals surface area (Å²) in [4.78, 5) is 25.7. The Balaban J connectivity index is 2.70. The molecular formula is C15H26N4O2. The molecule has 1 rings (SSSR count). The molecule has 1 aromatic heterocycles. The van der Waals surface area contributed by atoms with Crippen LogP contribution in [0.1, 0.15) is 45.1 Å². The molecule has 1 aromatic rings. The second-order valence-corrected chi connectivity index (χ2v) is 6.54. The highest BCUT2D eigenvalue weighted by Gasteiger charge is 2.24. The Kier molecular flexibility index (Phi) is 5.15. The Morgan fingerprint density at radius 2 is 1.95 bits per heavy atom. The van der Waals surface area contributed by atoms with E-state index < -0.39 is 6.04 Å². The first-order valence-corrected chi connectivity index (χ1v) is 7.10. The number of carbonyl (C=O) groups is 2. The zero-order valence-electron chi connectivity index (χ0n) is 14.0. The minimum atomic E-state index is -0.425. The highest BCUT2D eigenvalue weighted by molar-refractivity contribution is 5.86. The van der Waals surface area contributed by atoms with Gasteiger partial charge >= 0.3 is 0 Å². The van der Waals surface area contributed by atoms with Gasteiger partial charge in [-0.25, -0.2) is 0 Å². The minimum absolute atomic E-state index is 0.0414. The van der Waals surface area contributed by atoms with Crippen LogP contribution in [0, 0.1) is 13.8 Å². The van der Waals surface area contributed by atoms with E-state index in [9.17, 15) is 9.59 Å². The summed E-state index contributed by atoms with van der Waals surface area (Å²) in [5.74, 6) is -0.302. The van der Waals surface area contributed by atoms with Crippen molar-refractivity contribution >= 4 is 11.8 Å². The van der Waals surface area contributed by atoms with Crippen LogP contribution >= 0.6 is 0 Å². The number of aromatic nitrogens is 2. The predicted molar refractivity (Wildman–Crippen MR) is 81.9 cm³/mol. The molecule has 1 heterocycles. The fraction of sp³-hybridized carbons (Fsp3) is 0.667. The lowest BCUT2D eigenvalue weighted by Gasteiger charge is -2.25. The Morgan fingerprint density at radius 1 is 1.38 bits per heavy atom. The number of hydrogen-bond donors (Lipinski definition) is 1. The van der Waals surface area contributed by atoms with Gasteiger partial charge in [-0.1, -0.05) is 0 Å². The van der Waals surface area contributed by atoms with E-state index in [4.69, 9.17) is 0 Å². The van der Waals surface area contributed by atoms with Crippen molar-refractivity contribution in [2.45, 2.75) is 53.1 Å². The number of aryl methyl sites for hydroxylation is 2. The molecule has 0 spiro atoms. The highest BCUT2D eigenvalue weighted by atomic mass is 16.2. The van der Waals surface area contributed by atoms with Gasteiger partial charge in [-0.15, -0.1) is 0 Å². The van der Waals surface area contributed by atoms with Crippen molar-refractivity contribution in [3.05, 3.63) is 17.5 Å². The maximum absolute atomic E-state index is 12.4. The van der Waals surface area contributed by atoms with Crippen LogP contribution in [0.4, 0.5) is 0 Å². The molecular weight excluding hydrogens is 268 g/mol. The Hall–Kier alpha value is -1.85. The first kappa shape index (κ1) is 17.2. The number of carbonyl (C=O) groups excluding carboxylic acids is 2. The quantitative estimate of drug-likeness (QED) is 0.913. The van der Waals surface area contributed by atoms with E-state index in [0.717, 1.165) is 11.4 Å². The van der Waals surface area contributed by atoms with Crippen molar-refractivity contribution in [2.75, 3.05) is 13.6 Å². The van der Waals surface area contributed by atoms with Gasteiger partial charge in [0.15, 0.2) is 0 Å². The normalized spacial score (nSPS) is 12.9. The monoisotopic (exact) mass is 294 g/mol. The van der Waals surface area contributed by atoms with Gasteiger partial charge in [0.2, 0.25) is 11.8 Å². The first-order valence-electron chi connectivity index (χ1n) is 7.10. The average molecular weight is 294 g/mol. The van der Waals surface area contributed by atoms with Crippen LogP contribution in [0.15, 0.2) is 6.07 Å². The second kappa shape index (κ2) is 6.28. The molecule has 2 amide bonds. The van der Waals surface area contributed by atoms with E-state index in [1.54, 1.807) is 18.7 Å². The van der Waals surface area contributed by atoms with E-state index in [1.165, 1.54) is 4.90 Å². The third kappa shape index (κ3) is 4.88. The zero-order valence-corrected chi connectivity index (χ0v) is 14.0. The van der Waals surface area contributed by atoms with Crippen LogP contribution in [-0.4, -0.2) is 45.6 Å². The molecule has 0 aliphatic carbocycles. The van der Waals surface area contributed by atoms with E-state index in [0.29, 0.717) is 0 Å². The lowest BCUT2D eigenvalue weighted by molar-refractivity contribution is -0.137. The number of hydrogen-bond acceptors (Lipinski definition) is 3. The summed E-state index contributed by atoms with van der Waals surface area (Å²) < 4.78 is 1.69. The largest absolute Gasteiger partial charge is 0.350 e. The van der Waals surface area contributed by atoms with Crippen molar-refractivity contribution in [1.29, 1.82) is 0 Å².